The van der Waals surface area contributed by atoms with Crippen LogP contribution in [0.1, 0.15) is 23.6 Å². The van der Waals surface area contributed by atoms with Gasteiger partial charge in [-0.1, -0.05) is 42.5 Å². The first-order chi connectivity index (χ1) is 8.27. The summed E-state index contributed by atoms with van der Waals surface area (Å²) in [6.45, 7) is 0. The summed E-state index contributed by atoms with van der Waals surface area (Å²) in [5.41, 5.74) is 15.0. The van der Waals surface area contributed by atoms with E-state index >= 15 is 0 Å². The van der Waals surface area contributed by atoms with Crippen molar-refractivity contribution in [1.29, 1.82) is 0 Å². The summed E-state index contributed by atoms with van der Waals surface area (Å²) in [5.74, 6) is 0. The molecule has 0 aliphatic rings. The lowest BCUT2D eigenvalue weighted by atomic mass is 9.98. The fourth-order valence-corrected chi connectivity index (χ4v) is 1.90. The normalized spacial score (nSPS) is 12.3. The summed E-state index contributed by atoms with van der Waals surface area (Å²) >= 11 is 0. The first kappa shape index (κ1) is 11.7. The molecule has 4 N–H and O–H groups in total. The van der Waals surface area contributed by atoms with Crippen molar-refractivity contribution in [2.75, 3.05) is 5.73 Å². The van der Waals surface area contributed by atoms with E-state index in [9.17, 15) is 0 Å². The lowest BCUT2D eigenvalue weighted by Gasteiger charge is -2.13. The van der Waals surface area contributed by atoms with Crippen molar-refractivity contribution < 1.29 is 0 Å². The van der Waals surface area contributed by atoms with Crippen molar-refractivity contribution >= 4 is 5.69 Å². The number of benzene rings is 2. The molecule has 2 nitrogen and oxygen atoms in total. The Kier molecular flexibility index (Phi) is 3.78. The molecule has 2 heteroatoms. The Bertz CT molecular complexity index is 465. The first-order valence-electron chi connectivity index (χ1n) is 5.83. The molecule has 0 aliphatic heterocycles. The molecule has 0 aromatic heterocycles. The fourth-order valence-electron chi connectivity index (χ4n) is 1.90. The van der Waals surface area contributed by atoms with Crippen LogP contribution in [0.3, 0.4) is 0 Å². The Morgan fingerprint density at radius 3 is 2.53 bits per heavy atom. The van der Waals surface area contributed by atoms with Crippen LogP contribution in [0.4, 0.5) is 5.69 Å². The smallest absolute Gasteiger partial charge is 0.0368 e. The SMILES string of the molecule is Nc1ccc[c]c1[C@H](N)CCc1ccccc1. The lowest BCUT2D eigenvalue weighted by molar-refractivity contribution is 0.652. The Morgan fingerprint density at radius 1 is 1.06 bits per heavy atom. The fraction of sp³-hybridized carbons (Fsp3) is 0.200. The topological polar surface area (TPSA) is 52.0 Å². The standard InChI is InChI=1S/C15H17N2/c16-14-9-5-4-8-13(14)15(17)11-10-12-6-2-1-3-7-12/h1-7,9,15H,10-11,16-17H2/t15-/m1/s1. The minimum atomic E-state index is -0.0450. The molecule has 0 spiro atoms. The van der Waals surface area contributed by atoms with Gasteiger partial charge in [0.1, 0.15) is 0 Å². The predicted octanol–water partition coefficient (Wildman–Crippen LogP) is 2.70. The Morgan fingerprint density at radius 2 is 1.82 bits per heavy atom. The van der Waals surface area contributed by atoms with Crippen LogP contribution in [0.25, 0.3) is 0 Å². The number of anilines is 1. The number of hydrogen-bond donors (Lipinski definition) is 2. The quantitative estimate of drug-likeness (QED) is 0.786. The lowest BCUT2D eigenvalue weighted by Crippen LogP contribution is -2.13. The molecule has 0 saturated carbocycles. The molecule has 0 saturated heterocycles. The third kappa shape index (κ3) is 3.08. The zero-order valence-corrected chi connectivity index (χ0v) is 9.77. The van der Waals surface area contributed by atoms with E-state index in [0.29, 0.717) is 0 Å². The van der Waals surface area contributed by atoms with Gasteiger partial charge >= 0.3 is 0 Å². The van der Waals surface area contributed by atoms with Crippen molar-refractivity contribution in [2.24, 2.45) is 5.73 Å². The summed E-state index contributed by atoms with van der Waals surface area (Å²) in [6, 6.07) is 19.0. The highest BCUT2D eigenvalue weighted by Gasteiger charge is 2.09. The highest BCUT2D eigenvalue weighted by atomic mass is 14.7. The minimum Gasteiger partial charge on any atom is -0.398 e. The van der Waals surface area contributed by atoms with E-state index in [1.165, 1.54) is 5.56 Å². The van der Waals surface area contributed by atoms with Gasteiger partial charge in [-0.3, -0.25) is 0 Å². The largest absolute Gasteiger partial charge is 0.398 e. The maximum Gasteiger partial charge on any atom is 0.0368 e. The molecule has 0 bridgehead atoms. The Balaban J connectivity index is 1.99. The van der Waals surface area contributed by atoms with Gasteiger partial charge in [0.15, 0.2) is 0 Å². The molecule has 2 aromatic carbocycles. The average Bonchev–Trinajstić information content (AvgIpc) is 2.38. The molecule has 2 rings (SSSR count). The molecule has 0 unspecified atom stereocenters. The summed E-state index contributed by atoms with van der Waals surface area (Å²) in [5, 5.41) is 0. The third-order valence-corrected chi connectivity index (χ3v) is 2.88. The molecule has 2 aromatic rings. The van der Waals surface area contributed by atoms with Gasteiger partial charge in [-0.05, 0) is 36.1 Å². The van der Waals surface area contributed by atoms with E-state index in [4.69, 9.17) is 11.5 Å². The second-order valence-electron chi connectivity index (χ2n) is 4.17. The van der Waals surface area contributed by atoms with E-state index < -0.39 is 0 Å². The molecule has 17 heavy (non-hydrogen) atoms. The highest BCUT2D eigenvalue weighted by Crippen LogP contribution is 2.21. The zero-order chi connectivity index (χ0) is 12.1. The molecular formula is C15H17N2. The molecule has 1 atom stereocenters. The van der Waals surface area contributed by atoms with Crippen LogP contribution in [0.2, 0.25) is 0 Å². The van der Waals surface area contributed by atoms with Crippen LogP contribution in [-0.4, -0.2) is 0 Å². The number of aryl methyl sites for hydroxylation is 1. The van der Waals surface area contributed by atoms with Gasteiger partial charge in [0.25, 0.3) is 0 Å². The van der Waals surface area contributed by atoms with Crippen LogP contribution in [-0.2, 0) is 6.42 Å². The van der Waals surface area contributed by atoms with Gasteiger partial charge in [0.05, 0.1) is 0 Å². The van der Waals surface area contributed by atoms with E-state index in [0.717, 1.165) is 24.1 Å². The van der Waals surface area contributed by atoms with Crippen molar-refractivity contribution in [3.05, 3.63) is 65.7 Å². The van der Waals surface area contributed by atoms with Crippen LogP contribution in [0, 0.1) is 6.07 Å². The van der Waals surface area contributed by atoms with Crippen molar-refractivity contribution in [1.82, 2.24) is 0 Å². The van der Waals surface area contributed by atoms with E-state index in [2.05, 4.69) is 18.2 Å². The molecular weight excluding hydrogens is 208 g/mol. The highest BCUT2D eigenvalue weighted by molar-refractivity contribution is 5.47. The number of nitrogen functional groups attached to an aromatic ring is 1. The maximum atomic E-state index is 6.13. The van der Waals surface area contributed by atoms with Gasteiger partial charge in [-0.25, -0.2) is 0 Å². The van der Waals surface area contributed by atoms with Crippen LogP contribution in [0.5, 0.6) is 0 Å². The Hall–Kier alpha value is -1.80. The summed E-state index contributed by atoms with van der Waals surface area (Å²) < 4.78 is 0. The van der Waals surface area contributed by atoms with Crippen LogP contribution >= 0.6 is 0 Å². The van der Waals surface area contributed by atoms with Crippen molar-refractivity contribution in [2.45, 2.75) is 18.9 Å². The summed E-state index contributed by atoms with van der Waals surface area (Å²) in [4.78, 5) is 0. The number of nitrogens with two attached hydrogens (primary N) is 2. The van der Waals surface area contributed by atoms with Gasteiger partial charge < -0.3 is 11.5 Å². The van der Waals surface area contributed by atoms with Gasteiger partial charge in [0.2, 0.25) is 0 Å². The van der Waals surface area contributed by atoms with Gasteiger partial charge in [0, 0.05) is 11.7 Å². The van der Waals surface area contributed by atoms with Gasteiger partial charge in [-0.2, -0.15) is 0 Å². The van der Waals surface area contributed by atoms with Crippen molar-refractivity contribution in [3.63, 3.8) is 0 Å². The van der Waals surface area contributed by atoms with E-state index in [-0.39, 0.29) is 6.04 Å². The van der Waals surface area contributed by atoms with Crippen LogP contribution in [0.15, 0.2) is 48.5 Å². The summed E-state index contributed by atoms with van der Waals surface area (Å²) in [6.07, 6.45) is 1.85. The summed E-state index contributed by atoms with van der Waals surface area (Å²) in [7, 11) is 0. The van der Waals surface area contributed by atoms with Crippen molar-refractivity contribution in [3.8, 4) is 0 Å². The first-order valence-corrected chi connectivity index (χ1v) is 5.83. The van der Waals surface area contributed by atoms with E-state index in [1.807, 2.05) is 36.4 Å². The molecule has 0 heterocycles. The van der Waals surface area contributed by atoms with Gasteiger partial charge in [-0.15, -0.1) is 0 Å². The second kappa shape index (κ2) is 5.51. The second-order valence-corrected chi connectivity index (χ2v) is 4.17. The molecule has 1 radical (unpaired) electrons. The molecule has 0 amide bonds. The zero-order valence-electron chi connectivity index (χ0n) is 9.77. The molecule has 0 fully saturated rings. The average molecular weight is 225 g/mol. The van der Waals surface area contributed by atoms with E-state index in [1.54, 1.807) is 0 Å². The number of hydrogen-bond acceptors (Lipinski definition) is 2. The molecule has 87 valence electrons. The van der Waals surface area contributed by atoms with Crippen LogP contribution < -0.4 is 11.5 Å². The Labute approximate surface area is 102 Å². The minimum absolute atomic E-state index is 0.0450. The maximum absolute atomic E-state index is 6.13. The molecule has 0 aliphatic carbocycles. The number of rotatable bonds is 4. The predicted molar refractivity (Wildman–Crippen MR) is 71.4 cm³/mol. The third-order valence-electron chi connectivity index (χ3n) is 2.88. The monoisotopic (exact) mass is 225 g/mol.